The van der Waals surface area contributed by atoms with Gasteiger partial charge in [0.15, 0.2) is 0 Å². The monoisotopic (exact) mass is 353 g/mol. The number of β-amino-alcohol motifs (C(OH)–C–C–N with tert-alkyl or cyclic N) is 1. The average Bonchev–Trinajstić information content (AvgIpc) is 3.25. The van der Waals surface area contributed by atoms with Gasteiger partial charge in [0, 0.05) is 42.8 Å². The largest absolute Gasteiger partial charge is 0.390 e. The van der Waals surface area contributed by atoms with E-state index in [2.05, 4.69) is 39.5 Å². The molecule has 0 radical (unpaired) electrons. The highest BCUT2D eigenvalue weighted by molar-refractivity contribution is 5.87. The Balaban J connectivity index is 1.42. The molecule has 4 heteroatoms. The van der Waals surface area contributed by atoms with Crippen molar-refractivity contribution in [2.75, 3.05) is 32.7 Å². The minimum atomic E-state index is -0.225. The topological polar surface area (TPSA) is 31.6 Å². The van der Waals surface area contributed by atoms with Gasteiger partial charge in [-0.2, -0.15) is 0 Å². The van der Waals surface area contributed by atoms with E-state index in [1.165, 1.54) is 48.6 Å². The maximum Gasteiger partial charge on any atom is 0.0794 e. The summed E-state index contributed by atoms with van der Waals surface area (Å²) in [5.41, 5.74) is 5.91. The van der Waals surface area contributed by atoms with Crippen molar-refractivity contribution in [2.24, 2.45) is 0 Å². The van der Waals surface area contributed by atoms with Crippen LogP contribution < -0.4 is 0 Å². The van der Waals surface area contributed by atoms with E-state index in [1.54, 1.807) is 11.3 Å². The predicted molar refractivity (Wildman–Crippen MR) is 106 cm³/mol. The van der Waals surface area contributed by atoms with Gasteiger partial charge in [0.2, 0.25) is 0 Å². The van der Waals surface area contributed by atoms with Gasteiger partial charge in [0.05, 0.1) is 12.1 Å². The summed E-state index contributed by atoms with van der Waals surface area (Å²) in [5, 5.41) is 12.2. The van der Waals surface area contributed by atoms with Crippen LogP contribution in [0.25, 0.3) is 10.9 Å². The van der Waals surface area contributed by atoms with E-state index < -0.39 is 0 Å². The highest BCUT2D eigenvalue weighted by atomic mass is 16.3. The zero-order valence-corrected chi connectivity index (χ0v) is 16.0. The summed E-state index contributed by atoms with van der Waals surface area (Å²) in [5.74, 6) is 0. The smallest absolute Gasteiger partial charge is 0.0794 e. The fourth-order valence-corrected chi connectivity index (χ4v) is 5.60. The number of aliphatic hydroxyl groups is 1. The van der Waals surface area contributed by atoms with Crippen molar-refractivity contribution in [2.45, 2.75) is 57.7 Å². The summed E-state index contributed by atoms with van der Waals surface area (Å²) in [6, 6.07) is 7.44. The summed E-state index contributed by atoms with van der Waals surface area (Å²) in [4.78, 5) is 5.01. The Morgan fingerprint density at radius 2 is 1.92 bits per heavy atom. The lowest BCUT2D eigenvalue weighted by Gasteiger charge is -2.41. The molecular weight excluding hydrogens is 322 g/mol. The number of aryl methyl sites for hydroxylation is 2. The molecule has 2 aliphatic heterocycles. The van der Waals surface area contributed by atoms with Crippen LogP contribution in [0.15, 0.2) is 18.2 Å². The molecule has 1 N–H and O–H groups in total. The molecule has 2 aromatic rings. The summed E-state index contributed by atoms with van der Waals surface area (Å²) in [6.07, 6.45) is 6.08. The summed E-state index contributed by atoms with van der Waals surface area (Å²) in [6.45, 7) is 8.31. The predicted octanol–water partition coefficient (Wildman–Crippen LogP) is 3.10. The van der Waals surface area contributed by atoms with Gasteiger partial charge in [-0.3, -0.25) is 4.90 Å². The van der Waals surface area contributed by atoms with Gasteiger partial charge in [0.25, 0.3) is 0 Å². The van der Waals surface area contributed by atoms with Gasteiger partial charge in [0.1, 0.15) is 0 Å². The molecule has 0 bridgehead atoms. The molecule has 26 heavy (non-hydrogen) atoms. The maximum atomic E-state index is 10.7. The molecule has 1 aromatic heterocycles. The minimum Gasteiger partial charge on any atom is -0.390 e. The Morgan fingerprint density at radius 1 is 1.08 bits per heavy atom. The summed E-state index contributed by atoms with van der Waals surface area (Å²) < 4.78 is 2.58. The molecule has 0 saturated carbocycles. The third-order valence-electron chi connectivity index (χ3n) is 6.75. The second kappa shape index (κ2) is 6.66. The van der Waals surface area contributed by atoms with Crippen molar-refractivity contribution in [3.63, 3.8) is 0 Å². The molecule has 2 atom stereocenters. The van der Waals surface area contributed by atoms with E-state index in [0.717, 1.165) is 39.3 Å². The van der Waals surface area contributed by atoms with Gasteiger partial charge >= 0.3 is 0 Å². The van der Waals surface area contributed by atoms with Crippen LogP contribution in [-0.2, 0) is 13.0 Å². The second-order valence-electron chi connectivity index (χ2n) is 8.60. The van der Waals surface area contributed by atoms with Crippen molar-refractivity contribution < 1.29 is 5.11 Å². The number of hydrogen-bond acceptors (Lipinski definition) is 3. The molecular formula is C22H31N3O. The Kier molecular flexibility index (Phi) is 4.30. The maximum absolute atomic E-state index is 10.7. The molecule has 1 aliphatic carbocycles. The Hall–Kier alpha value is -1.36. The molecule has 1 aromatic carbocycles. The molecule has 3 heterocycles. The van der Waals surface area contributed by atoms with Crippen LogP contribution in [0.3, 0.4) is 0 Å². The van der Waals surface area contributed by atoms with E-state index in [4.69, 9.17) is 0 Å². The normalized spacial score (nSPS) is 24.9. The molecule has 0 spiro atoms. The molecule has 5 rings (SSSR count). The summed E-state index contributed by atoms with van der Waals surface area (Å²) in [7, 11) is 0. The second-order valence-corrected chi connectivity index (χ2v) is 8.60. The number of likely N-dealkylation sites (tertiary alicyclic amines) is 1. The zero-order valence-electron chi connectivity index (χ0n) is 16.0. The van der Waals surface area contributed by atoms with E-state index in [-0.39, 0.29) is 6.10 Å². The minimum absolute atomic E-state index is 0.225. The van der Waals surface area contributed by atoms with Gasteiger partial charge in [-0.05, 0) is 69.8 Å². The lowest BCUT2D eigenvalue weighted by molar-refractivity contribution is 0.0464. The Morgan fingerprint density at radius 3 is 2.77 bits per heavy atom. The van der Waals surface area contributed by atoms with E-state index in [1.807, 2.05) is 0 Å². The Labute approximate surface area is 156 Å². The Bertz CT molecular complexity index is 805. The van der Waals surface area contributed by atoms with Gasteiger partial charge in [-0.1, -0.05) is 11.6 Å². The van der Waals surface area contributed by atoms with Crippen molar-refractivity contribution >= 4 is 10.9 Å². The lowest BCUT2D eigenvalue weighted by atomic mass is 9.89. The van der Waals surface area contributed by atoms with Crippen LogP contribution in [0, 0.1) is 6.92 Å². The van der Waals surface area contributed by atoms with E-state index in [9.17, 15) is 5.11 Å². The molecule has 3 aliphatic rings. The number of aromatic nitrogens is 1. The third kappa shape index (κ3) is 2.79. The fraction of sp³-hybridized carbons (Fsp3) is 0.636. The van der Waals surface area contributed by atoms with Crippen molar-refractivity contribution in [3.8, 4) is 0 Å². The van der Waals surface area contributed by atoms with Gasteiger partial charge < -0.3 is 14.6 Å². The first-order chi connectivity index (χ1) is 12.7. The molecule has 4 nitrogen and oxygen atoms in total. The lowest BCUT2D eigenvalue weighted by Crippen LogP contribution is -2.45. The fourth-order valence-electron chi connectivity index (χ4n) is 5.60. The first-order valence-electron chi connectivity index (χ1n) is 10.5. The number of hydrogen-bond donors (Lipinski definition) is 1. The summed E-state index contributed by atoms with van der Waals surface area (Å²) >= 11 is 0. The highest BCUT2D eigenvalue weighted by Gasteiger charge is 2.35. The van der Waals surface area contributed by atoms with Crippen LogP contribution >= 0.6 is 0 Å². The first-order valence-corrected chi connectivity index (χ1v) is 10.5. The number of benzene rings is 1. The first kappa shape index (κ1) is 16.8. The van der Waals surface area contributed by atoms with Crippen LogP contribution in [0.2, 0.25) is 0 Å². The molecule has 1 fully saturated rings. The molecule has 1 saturated heterocycles. The number of fused-ring (bicyclic) bond motifs is 3. The zero-order chi connectivity index (χ0) is 17.7. The number of rotatable bonds is 4. The van der Waals surface area contributed by atoms with E-state index in [0.29, 0.717) is 6.04 Å². The van der Waals surface area contributed by atoms with Gasteiger partial charge in [-0.15, -0.1) is 0 Å². The quantitative estimate of drug-likeness (QED) is 0.916. The van der Waals surface area contributed by atoms with Crippen molar-refractivity contribution in [1.29, 1.82) is 0 Å². The van der Waals surface area contributed by atoms with E-state index >= 15 is 0 Å². The number of nitrogens with zero attached hydrogens (tertiary/aromatic N) is 3. The third-order valence-corrected chi connectivity index (χ3v) is 6.75. The van der Waals surface area contributed by atoms with Crippen LogP contribution in [0.1, 0.15) is 48.5 Å². The number of aliphatic hydroxyl groups excluding tert-OH is 1. The van der Waals surface area contributed by atoms with Crippen LogP contribution in [0.5, 0.6) is 0 Å². The van der Waals surface area contributed by atoms with Crippen molar-refractivity contribution in [1.82, 2.24) is 14.4 Å². The van der Waals surface area contributed by atoms with Crippen molar-refractivity contribution in [3.05, 3.63) is 35.0 Å². The average molecular weight is 354 g/mol. The highest BCUT2D eigenvalue weighted by Crippen LogP contribution is 2.42. The SMILES string of the molecule is Cc1ccc2c(c1)c1c3n2CCN(CC(O)CN2CCCC2)C3CCC1. The van der Waals surface area contributed by atoms with Gasteiger partial charge in [-0.25, -0.2) is 0 Å². The van der Waals surface area contributed by atoms with Crippen LogP contribution in [0.4, 0.5) is 0 Å². The molecule has 2 unspecified atom stereocenters. The molecule has 0 amide bonds. The standard InChI is InChI=1S/C22H31N3O/c1-16-7-8-20-19(13-16)18-5-4-6-21-22(18)25(20)12-11-24(21)15-17(26)14-23-9-2-3-10-23/h7-8,13,17,21,26H,2-6,9-12,14-15H2,1H3. The van der Waals surface area contributed by atoms with Crippen LogP contribution in [-0.4, -0.2) is 58.3 Å². The molecule has 140 valence electrons.